The third kappa shape index (κ3) is 3.84. The molecule has 1 N–H and O–H groups in total. The maximum absolute atomic E-state index is 12.8. The van der Waals surface area contributed by atoms with Crippen molar-refractivity contribution in [3.05, 3.63) is 78.5 Å². The van der Waals surface area contributed by atoms with E-state index in [0.717, 1.165) is 11.2 Å². The van der Waals surface area contributed by atoms with Crippen molar-refractivity contribution in [3.63, 3.8) is 0 Å². The van der Waals surface area contributed by atoms with E-state index in [1.54, 1.807) is 64.1 Å². The summed E-state index contributed by atoms with van der Waals surface area (Å²) < 4.78 is 29.0. The molecule has 0 saturated heterocycles. The maximum atomic E-state index is 12.8. The van der Waals surface area contributed by atoms with Gasteiger partial charge in [-0.25, -0.2) is 13.4 Å². The zero-order chi connectivity index (χ0) is 21.3. The molecule has 0 aliphatic rings. The smallest absolute Gasteiger partial charge is 0.253 e. The van der Waals surface area contributed by atoms with E-state index in [2.05, 4.69) is 15.4 Å². The van der Waals surface area contributed by atoms with Crippen LogP contribution in [0.5, 0.6) is 0 Å². The molecule has 0 saturated carbocycles. The number of hydrogen-bond acceptors (Lipinski definition) is 5. The highest BCUT2D eigenvalue weighted by atomic mass is 32.2. The third-order valence-electron chi connectivity index (χ3n) is 4.75. The quantitative estimate of drug-likeness (QED) is 0.514. The van der Waals surface area contributed by atoms with E-state index in [4.69, 9.17) is 0 Å². The number of hydrogen-bond donors (Lipinski definition) is 1. The Morgan fingerprint density at radius 1 is 1.07 bits per heavy atom. The molecule has 0 radical (unpaired) electrons. The second-order valence-corrected chi connectivity index (χ2v) is 9.14. The van der Waals surface area contributed by atoms with Crippen molar-refractivity contribution < 1.29 is 13.2 Å². The van der Waals surface area contributed by atoms with Gasteiger partial charge < -0.3 is 9.72 Å². The zero-order valence-corrected chi connectivity index (χ0v) is 17.4. The fourth-order valence-corrected chi connectivity index (χ4v) is 4.20. The summed E-state index contributed by atoms with van der Waals surface area (Å²) in [5.74, 6) is -0.219. The van der Waals surface area contributed by atoms with E-state index in [-0.39, 0.29) is 28.3 Å². The Kier molecular flexibility index (Phi) is 5.13. The molecule has 0 bridgehead atoms. The van der Waals surface area contributed by atoms with Crippen LogP contribution in [-0.2, 0) is 16.4 Å². The first kappa shape index (κ1) is 19.8. The standard InChI is InChI=1S/C21H21N5O3S/c1-15(2)26-14-19(12-24-26)30(28,29)18-6-3-16(4-7-18)11-23-21(27)17-5-8-20-22-9-10-25(20)13-17/h3-10,12-15H,11H2,1-2H3,(H,23,27). The van der Waals surface area contributed by atoms with Crippen LogP contribution in [0.2, 0.25) is 0 Å². The lowest BCUT2D eigenvalue weighted by Gasteiger charge is -2.08. The normalized spacial score (nSPS) is 11.8. The molecule has 0 unspecified atom stereocenters. The number of carbonyl (C=O) groups excluding carboxylic acids is 1. The number of benzene rings is 1. The molecule has 3 aromatic heterocycles. The second kappa shape index (κ2) is 7.75. The van der Waals surface area contributed by atoms with Crippen LogP contribution in [0.1, 0.15) is 35.8 Å². The summed E-state index contributed by atoms with van der Waals surface area (Å²) in [6, 6.07) is 10.0. The van der Waals surface area contributed by atoms with Crippen molar-refractivity contribution in [2.24, 2.45) is 0 Å². The first-order valence-electron chi connectivity index (χ1n) is 9.44. The summed E-state index contributed by atoms with van der Waals surface area (Å²) in [5.41, 5.74) is 2.08. The molecule has 0 aliphatic carbocycles. The highest BCUT2D eigenvalue weighted by molar-refractivity contribution is 7.91. The molecule has 9 heteroatoms. The third-order valence-corrected chi connectivity index (χ3v) is 6.48. The molecule has 0 spiro atoms. The van der Waals surface area contributed by atoms with E-state index in [0.29, 0.717) is 5.56 Å². The second-order valence-electron chi connectivity index (χ2n) is 7.19. The molecule has 154 valence electrons. The molecule has 8 nitrogen and oxygen atoms in total. The van der Waals surface area contributed by atoms with Crippen molar-refractivity contribution in [2.45, 2.75) is 36.2 Å². The van der Waals surface area contributed by atoms with E-state index < -0.39 is 9.84 Å². The summed E-state index contributed by atoms with van der Waals surface area (Å²) >= 11 is 0. The number of nitrogens with one attached hydrogen (secondary N) is 1. The predicted octanol–water partition coefficient (Wildman–Crippen LogP) is 2.87. The van der Waals surface area contributed by atoms with Gasteiger partial charge in [0.05, 0.1) is 16.7 Å². The van der Waals surface area contributed by atoms with Gasteiger partial charge in [-0.05, 0) is 43.7 Å². The number of sulfone groups is 1. The van der Waals surface area contributed by atoms with Gasteiger partial charge in [0.15, 0.2) is 0 Å². The number of nitrogens with zero attached hydrogens (tertiary/aromatic N) is 4. The van der Waals surface area contributed by atoms with E-state index in [1.807, 2.05) is 13.8 Å². The number of amides is 1. The molecular weight excluding hydrogens is 402 g/mol. The Hall–Kier alpha value is -3.46. The molecule has 0 atom stereocenters. The van der Waals surface area contributed by atoms with Crippen molar-refractivity contribution in [1.82, 2.24) is 24.5 Å². The number of fused-ring (bicyclic) bond motifs is 1. The Morgan fingerprint density at radius 2 is 1.83 bits per heavy atom. The fourth-order valence-electron chi connectivity index (χ4n) is 3.00. The van der Waals surface area contributed by atoms with Crippen LogP contribution < -0.4 is 5.32 Å². The lowest BCUT2D eigenvalue weighted by Crippen LogP contribution is -2.23. The SMILES string of the molecule is CC(C)n1cc(S(=O)(=O)c2ccc(CNC(=O)c3ccc4nccn4c3)cc2)cn1. The molecule has 30 heavy (non-hydrogen) atoms. The van der Waals surface area contributed by atoms with Crippen LogP contribution in [0.3, 0.4) is 0 Å². The molecule has 4 aromatic rings. The van der Waals surface area contributed by atoms with Crippen LogP contribution in [0.25, 0.3) is 5.65 Å². The Labute approximate surface area is 174 Å². The van der Waals surface area contributed by atoms with Gasteiger partial charge in [0.25, 0.3) is 5.91 Å². The van der Waals surface area contributed by atoms with Crippen molar-refractivity contribution >= 4 is 21.4 Å². The van der Waals surface area contributed by atoms with Crippen LogP contribution in [0.15, 0.2) is 77.2 Å². The van der Waals surface area contributed by atoms with Crippen LogP contribution in [0, 0.1) is 0 Å². The Balaban J connectivity index is 1.44. The van der Waals surface area contributed by atoms with Crippen molar-refractivity contribution in [2.75, 3.05) is 0 Å². The van der Waals surface area contributed by atoms with Crippen molar-refractivity contribution in [3.8, 4) is 0 Å². The van der Waals surface area contributed by atoms with Crippen LogP contribution >= 0.6 is 0 Å². The van der Waals surface area contributed by atoms with Gasteiger partial charge in [0.2, 0.25) is 9.84 Å². The first-order chi connectivity index (χ1) is 14.3. The molecule has 0 aliphatic heterocycles. The average molecular weight is 423 g/mol. The number of pyridine rings is 1. The van der Waals surface area contributed by atoms with Gasteiger partial charge >= 0.3 is 0 Å². The van der Waals surface area contributed by atoms with Gasteiger partial charge in [-0.15, -0.1) is 0 Å². The van der Waals surface area contributed by atoms with Crippen LogP contribution in [0.4, 0.5) is 0 Å². The minimum Gasteiger partial charge on any atom is -0.348 e. The Bertz CT molecular complexity index is 1300. The fraction of sp³-hybridized carbons (Fsp3) is 0.190. The van der Waals surface area contributed by atoms with E-state index in [1.165, 1.54) is 12.4 Å². The van der Waals surface area contributed by atoms with Crippen LogP contribution in [-0.4, -0.2) is 33.5 Å². The largest absolute Gasteiger partial charge is 0.348 e. The van der Waals surface area contributed by atoms with Crippen molar-refractivity contribution in [1.29, 1.82) is 0 Å². The molecule has 1 amide bonds. The first-order valence-corrected chi connectivity index (χ1v) is 10.9. The minimum absolute atomic E-state index is 0.0782. The number of aromatic nitrogens is 4. The highest BCUT2D eigenvalue weighted by Crippen LogP contribution is 2.21. The summed E-state index contributed by atoms with van der Waals surface area (Å²) in [6.45, 7) is 4.15. The monoisotopic (exact) mass is 423 g/mol. The Morgan fingerprint density at radius 3 is 2.53 bits per heavy atom. The number of carbonyl (C=O) groups is 1. The zero-order valence-electron chi connectivity index (χ0n) is 16.6. The predicted molar refractivity (Wildman–Crippen MR) is 111 cm³/mol. The van der Waals surface area contributed by atoms with E-state index >= 15 is 0 Å². The summed E-state index contributed by atoms with van der Waals surface area (Å²) in [5, 5.41) is 6.94. The lowest BCUT2D eigenvalue weighted by molar-refractivity contribution is 0.0950. The van der Waals surface area contributed by atoms with Gasteiger partial charge in [-0.3, -0.25) is 9.48 Å². The van der Waals surface area contributed by atoms with E-state index in [9.17, 15) is 13.2 Å². The maximum Gasteiger partial charge on any atom is 0.253 e. The number of imidazole rings is 1. The molecule has 3 heterocycles. The van der Waals surface area contributed by atoms with Gasteiger partial charge in [-0.1, -0.05) is 12.1 Å². The number of rotatable bonds is 6. The summed E-state index contributed by atoms with van der Waals surface area (Å²) in [7, 11) is -3.64. The molecule has 0 fully saturated rings. The molecule has 1 aromatic carbocycles. The van der Waals surface area contributed by atoms with Gasteiger partial charge in [0, 0.05) is 37.4 Å². The summed E-state index contributed by atoms with van der Waals surface area (Å²) in [6.07, 6.45) is 8.05. The topological polar surface area (TPSA) is 98.4 Å². The minimum atomic E-state index is -3.64. The van der Waals surface area contributed by atoms with Gasteiger partial charge in [-0.2, -0.15) is 5.10 Å². The summed E-state index contributed by atoms with van der Waals surface area (Å²) in [4.78, 5) is 16.9. The average Bonchev–Trinajstić information content (AvgIpc) is 3.41. The lowest BCUT2D eigenvalue weighted by atomic mass is 10.2. The van der Waals surface area contributed by atoms with Gasteiger partial charge in [0.1, 0.15) is 10.5 Å². The highest BCUT2D eigenvalue weighted by Gasteiger charge is 2.20. The molecule has 4 rings (SSSR count). The molecular formula is C21H21N5O3S.